The molecule has 1 rings (SSSR count). The van der Waals surface area contributed by atoms with E-state index < -0.39 is 14.4 Å². The third kappa shape index (κ3) is 3.03. The van der Waals surface area contributed by atoms with Crippen LogP contribution in [0.25, 0.3) is 0 Å². The quantitative estimate of drug-likeness (QED) is 0.772. The molecule has 1 N–H and O–H groups in total. The molecule has 92 valence electrons. The molecule has 0 aromatic heterocycles. The largest absolute Gasteiger partial charge is 0.412 e. The average Bonchev–Trinajstić information content (AvgIpc) is 2.39. The predicted octanol–water partition coefficient (Wildman–Crippen LogP) is 2.27. The van der Waals surface area contributed by atoms with Gasteiger partial charge in [0.05, 0.1) is 12.7 Å². The number of aliphatic hydroxyl groups is 1. The van der Waals surface area contributed by atoms with Crippen molar-refractivity contribution in [2.75, 3.05) is 6.61 Å². The summed E-state index contributed by atoms with van der Waals surface area (Å²) in [5.41, 5.74) is 0.636. The number of aliphatic hydroxyl groups excluding tert-OH is 1. The van der Waals surface area contributed by atoms with Gasteiger partial charge in [-0.3, -0.25) is 4.79 Å². The number of hydrogen-bond donors (Lipinski definition) is 1. The fraction of sp³-hybridized carbons (Fsp3) is 0.750. The van der Waals surface area contributed by atoms with Crippen molar-refractivity contribution in [1.29, 1.82) is 0 Å². The number of carbonyl (C=O) groups is 1. The number of carbonyl (C=O) groups excluding carboxylic acids is 1. The molecule has 0 spiro atoms. The maximum absolute atomic E-state index is 11.5. The lowest BCUT2D eigenvalue weighted by Crippen LogP contribution is -2.41. The monoisotopic (exact) mass is 242 g/mol. The van der Waals surface area contributed by atoms with Crippen LogP contribution in [-0.2, 0) is 9.22 Å². The Kier molecular flexibility index (Phi) is 3.77. The fourth-order valence-corrected chi connectivity index (χ4v) is 2.26. The van der Waals surface area contributed by atoms with Gasteiger partial charge in [0.1, 0.15) is 0 Å². The second-order valence-electron chi connectivity index (χ2n) is 5.94. The number of rotatable bonds is 3. The topological polar surface area (TPSA) is 46.5 Å². The molecule has 4 heteroatoms. The summed E-state index contributed by atoms with van der Waals surface area (Å²) in [4.78, 5) is 11.5. The van der Waals surface area contributed by atoms with Gasteiger partial charge in [0.2, 0.25) is 0 Å². The Morgan fingerprint density at radius 1 is 1.50 bits per heavy atom. The lowest BCUT2D eigenvalue weighted by atomic mass is 10.2. The Labute approximate surface area is 98.6 Å². The summed E-state index contributed by atoms with van der Waals surface area (Å²) in [6.07, 6.45) is 1.23. The van der Waals surface area contributed by atoms with Gasteiger partial charge < -0.3 is 9.53 Å². The SMILES string of the molecule is CC(C)(C)[Si](C)(C)OCC1=CC(O)CC1=O. The highest BCUT2D eigenvalue weighted by atomic mass is 28.4. The third-order valence-corrected chi connectivity index (χ3v) is 8.02. The van der Waals surface area contributed by atoms with Crippen LogP contribution >= 0.6 is 0 Å². The van der Waals surface area contributed by atoms with Gasteiger partial charge in [0.15, 0.2) is 14.1 Å². The molecule has 0 amide bonds. The van der Waals surface area contributed by atoms with Gasteiger partial charge in [-0.05, 0) is 24.2 Å². The molecule has 1 atom stereocenters. The van der Waals surface area contributed by atoms with Crippen molar-refractivity contribution in [3.8, 4) is 0 Å². The Morgan fingerprint density at radius 3 is 2.44 bits per heavy atom. The van der Waals surface area contributed by atoms with Crippen molar-refractivity contribution >= 4 is 14.1 Å². The van der Waals surface area contributed by atoms with Gasteiger partial charge >= 0.3 is 0 Å². The van der Waals surface area contributed by atoms with E-state index in [4.69, 9.17) is 4.43 Å². The van der Waals surface area contributed by atoms with Crippen LogP contribution in [0.3, 0.4) is 0 Å². The molecular weight excluding hydrogens is 220 g/mol. The minimum atomic E-state index is -1.80. The summed E-state index contributed by atoms with van der Waals surface area (Å²) in [6.45, 7) is 11.2. The van der Waals surface area contributed by atoms with E-state index in [0.29, 0.717) is 12.2 Å². The van der Waals surface area contributed by atoms with Crippen LogP contribution in [0, 0.1) is 0 Å². The summed E-state index contributed by atoms with van der Waals surface area (Å²) in [5, 5.41) is 9.46. The van der Waals surface area contributed by atoms with Gasteiger partial charge in [-0.15, -0.1) is 0 Å². The normalized spacial score (nSPS) is 22.5. The second-order valence-corrected chi connectivity index (χ2v) is 10.7. The molecule has 3 nitrogen and oxygen atoms in total. The molecule has 0 saturated heterocycles. The molecule has 0 bridgehead atoms. The Balaban J connectivity index is 2.59. The van der Waals surface area contributed by atoms with E-state index in [-0.39, 0.29) is 17.2 Å². The Morgan fingerprint density at radius 2 is 2.06 bits per heavy atom. The summed E-state index contributed by atoms with van der Waals surface area (Å²) in [6, 6.07) is 0. The minimum Gasteiger partial charge on any atom is -0.412 e. The third-order valence-electron chi connectivity index (χ3n) is 3.54. The van der Waals surface area contributed by atoms with Crippen molar-refractivity contribution in [3.05, 3.63) is 11.6 Å². The van der Waals surface area contributed by atoms with Crippen LogP contribution in [0.2, 0.25) is 18.1 Å². The molecule has 1 aliphatic carbocycles. The fourth-order valence-electron chi connectivity index (χ4n) is 1.31. The van der Waals surface area contributed by atoms with E-state index in [1.54, 1.807) is 6.08 Å². The smallest absolute Gasteiger partial charge is 0.192 e. The number of ketones is 1. The van der Waals surface area contributed by atoms with Crippen LogP contribution in [-0.4, -0.2) is 31.9 Å². The zero-order valence-corrected chi connectivity index (χ0v) is 11.8. The van der Waals surface area contributed by atoms with Crippen molar-refractivity contribution in [2.24, 2.45) is 0 Å². The van der Waals surface area contributed by atoms with E-state index >= 15 is 0 Å². The van der Waals surface area contributed by atoms with E-state index in [1.807, 2.05) is 0 Å². The zero-order valence-electron chi connectivity index (χ0n) is 10.8. The lowest BCUT2D eigenvalue weighted by Gasteiger charge is -2.36. The first kappa shape index (κ1) is 13.6. The van der Waals surface area contributed by atoms with Crippen LogP contribution < -0.4 is 0 Å². The van der Waals surface area contributed by atoms with Crippen molar-refractivity contribution in [3.63, 3.8) is 0 Å². The molecule has 0 aliphatic heterocycles. The molecule has 0 radical (unpaired) electrons. The van der Waals surface area contributed by atoms with Gasteiger partial charge in [-0.25, -0.2) is 0 Å². The van der Waals surface area contributed by atoms with Crippen LogP contribution in [0.1, 0.15) is 27.2 Å². The highest BCUT2D eigenvalue weighted by Gasteiger charge is 2.37. The van der Waals surface area contributed by atoms with Crippen molar-refractivity contribution < 1.29 is 14.3 Å². The first-order chi connectivity index (χ1) is 7.13. The number of hydrogen-bond acceptors (Lipinski definition) is 3. The van der Waals surface area contributed by atoms with Gasteiger partial charge in [-0.1, -0.05) is 20.8 Å². The van der Waals surface area contributed by atoms with Gasteiger partial charge in [0, 0.05) is 12.0 Å². The molecule has 0 heterocycles. The van der Waals surface area contributed by atoms with E-state index in [1.165, 1.54) is 0 Å². The van der Waals surface area contributed by atoms with Gasteiger partial charge in [0.25, 0.3) is 0 Å². The highest BCUT2D eigenvalue weighted by Crippen LogP contribution is 2.37. The molecule has 0 aromatic carbocycles. The minimum absolute atomic E-state index is 0.0196. The van der Waals surface area contributed by atoms with E-state index in [9.17, 15) is 9.90 Å². The first-order valence-corrected chi connectivity index (χ1v) is 8.60. The van der Waals surface area contributed by atoms with Crippen LogP contribution in [0.4, 0.5) is 0 Å². The Bertz CT molecular complexity index is 313. The van der Waals surface area contributed by atoms with Crippen molar-refractivity contribution in [1.82, 2.24) is 0 Å². The van der Waals surface area contributed by atoms with Crippen LogP contribution in [0.15, 0.2) is 11.6 Å². The summed E-state index contributed by atoms with van der Waals surface area (Å²) in [5.74, 6) is 0.0196. The van der Waals surface area contributed by atoms with Crippen LogP contribution in [0.5, 0.6) is 0 Å². The molecular formula is C12H22O3Si. The number of Topliss-reactive ketones (excluding diaryl/α,β-unsaturated/α-hetero) is 1. The molecule has 1 aliphatic rings. The maximum Gasteiger partial charge on any atom is 0.192 e. The first-order valence-electron chi connectivity index (χ1n) is 5.69. The molecule has 16 heavy (non-hydrogen) atoms. The average molecular weight is 242 g/mol. The summed E-state index contributed by atoms with van der Waals surface area (Å²) >= 11 is 0. The standard InChI is InChI=1S/C12H22O3Si/c1-12(2,3)16(4,5)15-8-9-6-10(13)7-11(9)14/h6,10,13H,7-8H2,1-5H3. The molecule has 0 aromatic rings. The molecule has 0 saturated carbocycles. The van der Waals surface area contributed by atoms with E-state index in [2.05, 4.69) is 33.9 Å². The highest BCUT2D eigenvalue weighted by molar-refractivity contribution is 6.74. The molecule has 1 unspecified atom stereocenters. The molecule has 0 fully saturated rings. The predicted molar refractivity (Wildman–Crippen MR) is 66.9 cm³/mol. The maximum atomic E-state index is 11.5. The van der Waals surface area contributed by atoms with E-state index in [0.717, 1.165) is 0 Å². The summed E-state index contributed by atoms with van der Waals surface area (Å²) in [7, 11) is -1.80. The Hall–Kier alpha value is -0.453. The van der Waals surface area contributed by atoms with Crippen molar-refractivity contribution in [2.45, 2.75) is 51.4 Å². The second kappa shape index (κ2) is 4.43. The lowest BCUT2D eigenvalue weighted by molar-refractivity contribution is -0.116. The summed E-state index contributed by atoms with van der Waals surface area (Å²) < 4.78 is 5.94. The zero-order chi connectivity index (χ0) is 12.6. The van der Waals surface area contributed by atoms with Gasteiger partial charge in [-0.2, -0.15) is 0 Å².